The number of benzene rings is 1. The second kappa shape index (κ2) is 4.17. The van der Waals surface area contributed by atoms with E-state index >= 15 is 0 Å². The van der Waals surface area contributed by atoms with Gasteiger partial charge in [-0.3, -0.25) is 0 Å². The third kappa shape index (κ3) is 2.50. The van der Waals surface area contributed by atoms with Gasteiger partial charge in [0.2, 0.25) is 0 Å². The fourth-order valence-corrected chi connectivity index (χ4v) is 1.46. The number of ether oxygens (including phenoxy) is 1. The monoisotopic (exact) mass is 257 g/mol. The molecule has 1 heterocycles. The number of hydrogen-bond donors (Lipinski definition) is 1. The molecule has 2 rings (SSSR count). The summed E-state index contributed by atoms with van der Waals surface area (Å²) in [5.41, 5.74) is -0.122. The highest BCUT2D eigenvalue weighted by atomic mass is 19.4. The van der Waals surface area contributed by atoms with Crippen LogP contribution in [0.5, 0.6) is 5.75 Å². The van der Waals surface area contributed by atoms with Gasteiger partial charge in [-0.25, -0.2) is 9.78 Å². The second-order valence-electron chi connectivity index (χ2n) is 3.37. The van der Waals surface area contributed by atoms with Crippen molar-refractivity contribution in [2.24, 2.45) is 0 Å². The first kappa shape index (κ1) is 12.2. The van der Waals surface area contributed by atoms with Crippen molar-refractivity contribution in [1.82, 2.24) is 4.98 Å². The molecule has 1 aromatic carbocycles. The van der Waals surface area contributed by atoms with Gasteiger partial charge in [-0.05, 0) is 24.3 Å². The SMILES string of the molecule is O=C(O)c1ccc2c(OC(F)(F)F)cccc2n1. The van der Waals surface area contributed by atoms with Crippen LogP contribution in [-0.4, -0.2) is 22.4 Å². The highest BCUT2D eigenvalue weighted by Crippen LogP contribution is 2.29. The Hall–Kier alpha value is -2.31. The molecule has 7 heteroatoms. The molecule has 0 aliphatic rings. The first-order valence-electron chi connectivity index (χ1n) is 4.75. The van der Waals surface area contributed by atoms with E-state index in [2.05, 4.69) is 9.72 Å². The number of carboxylic acid groups (broad SMARTS) is 1. The van der Waals surface area contributed by atoms with Crippen LogP contribution in [-0.2, 0) is 0 Å². The molecule has 2 aromatic rings. The molecule has 18 heavy (non-hydrogen) atoms. The van der Waals surface area contributed by atoms with E-state index in [1.54, 1.807) is 0 Å². The van der Waals surface area contributed by atoms with Crippen molar-refractivity contribution in [3.8, 4) is 5.75 Å². The fraction of sp³-hybridized carbons (Fsp3) is 0.0909. The second-order valence-corrected chi connectivity index (χ2v) is 3.37. The first-order chi connectivity index (χ1) is 8.37. The number of aromatic carboxylic acids is 1. The van der Waals surface area contributed by atoms with Crippen LogP contribution >= 0.6 is 0 Å². The summed E-state index contributed by atoms with van der Waals surface area (Å²) in [6, 6.07) is 6.20. The first-order valence-corrected chi connectivity index (χ1v) is 4.75. The zero-order valence-corrected chi connectivity index (χ0v) is 8.73. The van der Waals surface area contributed by atoms with Crippen LogP contribution in [0.3, 0.4) is 0 Å². The molecule has 0 fully saturated rings. The van der Waals surface area contributed by atoms with Crippen molar-refractivity contribution in [2.45, 2.75) is 6.36 Å². The molecule has 0 saturated heterocycles. The zero-order chi connectivity index (χ0) is 13.3. The number of halogens is 3. The summed E-state index contributed by atoms with van der Waals surface area (Å²) in [6.07, 6.45) is -4.81. The number of carboxylic acids is 1. The molecule has 0 atom stereocenters. The van der Waals surface area contributed by atoms with Crippen LogP contribution in [0.4, 0.5) is 13.2 Å². The van der Waals surface area contributed by atoms with Crippen LogP contribution in [0.2, 0.25) is 0 Å². The minimum absolute atomic E-state index is 0.0971. The zero-order valence-electron chi connectivity index (χ0n) is 8.73. The molecule has 1 aromatic heterocycles. The number of rotatable bonds is 2. The smallest absolute Gasteiger partial charge is 0.477 e. The lowest BCUT2D eigenvalue weighted by Crippen LogP contribution is -2.17. The Balaban J connectivity index is 2.54. The van der Waals surface area contributed by atoms with Gasteiger partial charge in [0.15, 0.2) is 0 Å². The standard InChI is InChI=1S/C11H6F3NO3/c12-11(13,14)18-9-3-1-2-7-6(9)4-5-8(15-7)10(16)17/h1-5H,(H,16,17). The molecule has 4 nitrogen and oxygen atoms in total. The van der Waals surface area contributed by atoms with Gasteiger partial charge in [-0.2, -0.15) is 0 Å². The van der Waals surface area contributed by atoms with Gasteiger partial charge in [0.1, 0.15) is 11.4 Å². The van der Waals surface area contributed by atoms with Crippen molar-refractivity contribution in [1.29, 1.82) is 0 Å². The Morgan fingerprint density at radius 3 is 2.56 bits per heavy atom. The minimum atomic E-state index is -4.81. The predicted octanol–water partition coefficient (Wildman–Crippen LogP) is 2.83. The molecule has 0 aliphatic carbocycles. The molecule has 0 radical (unpaired) electrons. The van der Waals surface area contributed by atoms with Crippen molar-refractivity contribution < 1.29 is 27.8 Å². The predicted molar refractivity (Wildman–Crippen MR) is 55.4 cm³/mol. The summed E-state index contributed by atoms with van der Waals surface area (Å²) in [6.45, 7) is 0. The third-order valence-electron chi connectivity index (χ3n) is 2.14. The molecular formula is C11H6F3NO3. The Labute approximate surface area is 98.6 Å². The van der Waals surface area contributed by atoms with Gasteiger partial charge in [0, 0.05) is 5.39 Å². The molecule has 1 N–H and O–H groups in total. The van der Waals surface area contributed by atoms with E-state index in [9.17, 15) is 18.0 Å². The van der Waals surface area contributed by atoms with Crippen molar-refractivity contribution in [3.05, 3.63) is 36.0 Å². The fourth-order valence-electron chi connectivity index (χ4n) is 1.46. The number of pyridine rings is 1. The number of carbonyl (C=O) groups is 1. The quantitative estimate of drug-likeness (QED) is 0.898. The largest absolute Gasteiger partial charge is 0.573 e. The third-order valence-corrected chi connectivity index (χ3v) is 2.14. The van der Waals surface area contributed by atoms with Gasteiger partial charge < -0.3 is 9.84 Å². The van der Waals surface area contributed by atoms with Crippen molar-refractivity contribution >= 4 is 16.9 Å². The maximum atomic E-state index is 12.1. The van der Waals surface area contributed by atoms with Gasteiger partial charge in [0.05, 0.1) is 5.52 Å². The number of nitrogens with zero attached hydrogens (tertiary/aromatic N) is 1. The molecule has 0 spiro atoms. The molecule has 0 aliphatic heterocycles. The van der Waals surface area contributed by atoms with E-state index in [0.717, 1.165) is 12.1 Å². The maximum absolute atomic E-state index is 12.1. The topological polar surface area (TPSA) is 59.4 Å². The van der Waals surface area contributed by atoms with Gasteiger partial charge >= 0.3 is 12.3 Å². The number of aromatic nitrogens is 1. The highest BCUT2D eigenvalue weighted by molar-refractivity contribution is 5.91. The molecule has 0 amide bonds. The van der Waals surface area contributed by atoms with Crippen LogP contribution in [0.15, 0.2) is 30.3 Å². The lowest BCUT2D eigenvalue weighted by molar-refractivity contribution is -0.274. The molecule has 0 bridgehead atoms. The number of hydrogen-bond acceptors (Lipinski definition) is 3. The van der Waals surface area contributed by atoms with E-state index < -0.39 is 18.1 Å². The number of fused-ring (bicyclic) bond motifs is 1. The normalized spacial score (nSPS) is 11.5. The van der Waals surface area contributed by atoms with Gasteiger partial charge in [-0.15, -0.1) is 13.2 Å². The van der Waals surface area contributed by atoms with Gasteiger partial charge in [0.25, 0.3) is 0 Å². The van der Waals surface area contributed by atoms with E-state index in [0.29, 0.717) is 0 Å². The van der Waals surface area contributed by atoms with Crippen LogP contribution in [0, 0.1) is 0 Å². The van der Waals surface area contributed by atoms with Crippen LogP contribution in [0.1, 0.15) is 10.5 Å². The Kier molecular flexibility index (Phi) is 2.82. The lowest BCUT2D eigenvalue weighted by Gasteiger charge is -2.11. The Morgan fingerprint density at radius 1 is 1.22 bits per heavy atom. The Morgan fingerprint density at radius 2 is 1.94 bits per heavy atom. The number of alkyl halides is 3. The summed E-state index contributed by atoms with van der Waals surface area (Å²) in [5.74, 6) is -1.66. The molecule has 0 saturated carbocycles. The van der Waals surface area contributed by atoms with Crippen LogP contribution < -0.4 is 4.74 Å². The van der Waals surface area contributed by atoms with Gasteiger partial charge in [-0.1, -0.05) is 6.07 Å². The highest BCUT2D eigenvalue weighted by Gasteiger charge is 2.31. The van der Waals surface area contributed by atoms with E-state index in [1.807, 2.05) is 0 Å². The average molecular weight is 257 g/mol. The van der Waals surface area contributed by atoms with E-state index in [1.165, 1.54) is 18.2 Å². The minimum Gasteiger partial charge on any atom is -0.477 e. The molecule has 0 unspecified atom stereocenters. The molecule has 94 valence electrons. The lowest BCUT2D eigenvalue weighted by atomic mass is 10.2. The summed E-state index contributed by atoms with van der Waals surface area (Å²) in [4.78, 5) is 14.4. The van der Waals surface area contributed by atoms with Crippen molar-refractivity contribution in [2.75, 3.05) is 0 Å². The average Bonchev–Trinajstić information content (AvgIpc) is 2.26. The summed E-state index contributed by atoms with van der Waals surface area (Å²) < 4.78 is 40.2. The summed E-state index contributed by atoms with van der Waals surface area (Å²) in [5, 5.41) is 8.82. The summed E-state index contributed by atoms with van der Waals surface area (Å²) in [7, 11) is 0. The Bertz CT molecular complexity index is 610. The van der Waals surface area contributed by atoms with Crippen LogP contribution in [0.25, 0.3) is 10.9 Å². The van der Waals surface area contributed by atoms with E-state index in [4.69, 9.17) is 5.11 Å². The molecular weight excluding hydrogens is 251 g/mol. The maximum Gasteiger partial charge on any atom is 0.573 e. The summed E-state index contributed by atoms with van der Waals surface area (Å²) >= 11 is 0. The van der Waals surface area contributed by atoms with E-state index in [-0.39, 0.29) is 16.6 Å². The van der Waals surface area contributed by atoms with Crippen molar-refractivity contribution in [3.63, 3.8) is 0 Å².